The number of rotatable bonds is 8. The number of hydrogen-bond donors (Lipinski definition) is 1. The Morgan fingerprint density at radius 3 is 2.67 bits per heavy atom. The number of aliphatic hydroxyl groups excluding tert-OH is 1. The van der Waals surface area contributed by atoms with Gasteiger partial charge in [-0.05, 0) is 63.5 Å². The van der Waals surface area contributed by atoms with Crippen molar-refractivity contribution in [1.82, 2.24) is 14.6 Å². The second kappa shape index (κ2) is 10.8. The number of nitriles is 1. The minimum Gasteiger partial charge on any atom is -0.512 e. The lowest BCUT2D eigenvalue weighted by Crippen LogP contribution is -2.46. The van der Waals surface area contributed by atoms with E-state index in [9.17, 15) is 24.3 Å². The Kier molecular flexibility index (Phi) is 7.53. The first kappa shape index (κ1) is 28.0. The number of aromatic nitrogens is 3. The van der Waals surface area contributed by atoms with Crippen LogP contribution in [0.15, 0.2) is 40.4 Å². The smallest absolute Gasteiger partial charge is 0.338 e. The molecule has 1 aromatic carbocycles. The third-order valence-electron chi connectivity index (χ3n) is 8.31. The minimum absolute atomic E-state index is 0.00141. The van der Waals surface area contributed by atoms with Gasteiger partial charge >= 0.3 is 5.97 Å². The van der Waals surface area contributed by atoms with Crippen LogP contribution >= 0.6 is 11.3 Å². The van der Waals surface area contributed by atoms with Gasteiger partial charge in [-0.25, -0.2) is 13.7 Å². The quantitative estimate of drug-likeness (QED) is 0.358. The number of hydrogen-bond acceptors (Lipinski definition) is 8. The molecule has 40 heavy (non-hydrogen) atoms. The van der Waals surface area contributed by atoms with Crippen molar-refractivity contribution in [2.75, 3.05) is 0 Å². The molecule has 0 amide bonds. The molecule has 1 fully saturated rings. The highest BCUT2D eigenvalue weighted by Crippen LogP contribution is 2.46. The Hall–Kier alpha value is -3.58. The van der Waals surface area contributed by atoms with Crippen LogP contribution in [-0.4, -0.2) is 31.3 Å². The zero-order valence-corrected chi connectivity index (χ0v) is 23.8. The van der Waals surface area contributed by atoms with Gasteiger partial charge in [0, 0.05) is 24.5 Å². The van der Waals surface area contributed by atoms with Gasteiger partial charge in [-0.3, -0.25) is 4.79 Å². The fourth-order valence-electron chi connectivity index (χ4n) is 5.99. The average Bonchev–Trinajstić information content (AvgIpc) is 3.60. The van der Waals surface area contributed by atoms with Crippen molar-refractivity contribution in [3.63, 3.8) is 0 Å². The maximum Gasteiger partial charge on any atom is 0.338 e. The largest absolute Gasteiger partial charge is 0.512 e. The molecule has 8 nitrogen and oxygen atoms in total. The molecule has 0 bridgehead atoms. The van der Waals surface area contributed by atoms with E-state index < -0.39 is 28.4 Å². The predicted octanol–water partition coefficient (Wildman–Crippen LogP) is 5.52. The van der Waals surface area contributed by atoms with Gasteiger partial charge in [0.1, 0.15) is 22.2 Å². The van der Waals surface area contributed by atoms with Gasteiger partial charge < -0.3 is 9.84 Å². The van der Waals surface area contributed by atoms with Crippen molar-refractivity contribution in [2.24, 2.45) is 5.92 Å². The number of aryl methyl sites for hydroxylation is 2. The van der Waals surface area contributed by atoms with Crippen molar-refractivity contribution in [3.8, 4) is 6.07 Å². The highest BCUT2D eigenvalue weighted by atomic mass is 32.1. The Morgan fingerprint density at radius 1 is 1.27 bits per heavy atom. The number of esters is 1. The minimum atomic E-state index is -0.943. The monoisotopic (exact) mass is 564 g/mol. The van der Waals surface area contributed by atoms with Crippen molar-refractivity contribution < 1.29 is 19.0 Å². The van der Waals surface area contributed by atoms with Crippen LogP contribution in [0.4, 0.5) is 4.39 Å². The standard InChI is InChI=1S/C30H33FN4O4S/c1-4-26-34-35-20(15-25(37)33-28(35)40-26)14-21-24(36)16-30(39-27(21)38,19-7-5-6-8-19)12-11-18-9-10-22(23(31)13-18)29(2,3)17-32/h9-10,13,15,19,36H,4-8,11-12,14,16H2,1-3H3. The summed E-state index contributed by atoms with van der Waals surface area (Å²) in [4.78, 5) is 30.2. The number of nitrogens with zero attached hydrogens (tertiary/aromatic N) is 4. The van der Waals surface area contributed by atoms with Crippen LogP contribution in [0.5, 0.6) is 0 Å². The van der Waals surface area contributed by atoms with Gasteiger partial charge in [-0.1, -0.05) is 43.2 Å². The third-order valence-corrected chi connectivity index (χ3v) is 9.36. The molecule has 1 atom stereocenters. The average molecular weight is 565 g/mol. The van der Waals surface area contributed by atoms with E-state index >= 15 is 0 Å². The van der Waals surface area contributed by atoms with Crippen molar-refractivity contribution in [1.29, 1.82) is 5.26 Å². The molecule has 2 aliphatic rings. The number of fused-ring (bicyclic) bond motifs is 1. The van der Waals surface area contributed by atoms with E-state index in [2.05, 4.69) is 16.2 Å². The number of halogens is 1. The zero-order chi connectivity index (χ0) is 28.7. The number of carbonyl (C=O) groups is 1. The lowest BCUT2D eigenvalue weighted by atomic mass is 9.76. The molecule has 3 aromatic rings. The first-order valence-electron chi connectivity index (χ1n) is 13.8. The molecule has 1 unspecified atom stereocenters. The Labute approximate surface area is 236 Å². The van der Waals surface area contributed by atoms with Gasteiger partial charge in [-0.2, -0.15) is 15.3 Å². The van der Waals surface area contributed by atoms with Crippen LogP contribution in [-0.2, 0) is 34.2 Å². The van der Waals surface area contributed by atoms with Crippen molar-refractivity contribution in [3.05, 3.63) is 73.6 Å². The van der Waals surface area contributed by atoms with Crippen molar-refractivity contribution in [2.45, 2.75) is 89.6 Å². The van der Waals surface area contributed by atoms with Gasteiger partial charge in [0.15, 0.2) is 0 Å². The van der Waals surface area contributed by atoms with Gasteiger partial charge in [0.2, 0.25) is 4.96 Å². The summed E-state index contributed by atoms with van der Waals surface area (Å²) in [5.41, 5.74) is -0.602. The highest BCUT2D eigenvalue weighted by Gasteiger charge is 2.48. The normalized spacial score (nSPS) is 20.2. The van der Waals surface area contributed by atoms with Crippen LogP contribution in [0.1, 0.15) is 81.1 Å². The maximum absolute atomic E-state index is 14.9. The summed E-state index contributed by atoms with van der Waals surface area (Å²) in [5, 5.41) is 26.0. The summed E-state index contributed by atoms with van der Waals surface area (Å²) < 4.78 is 22.7. The summed E-state index contributed by atoms with van der Waals surface area (Å²) in [7, 11) is 0. The molecular weight excluding hydrogens is 531 g/mol. The van der Waals surface area contributed by atoms with Crippen LogP contribution in [0.2, 0.25) is 0 Å². The number of ether oxygens (including phenoxy) is 1. The lowest BCUT2D eigenvalue weighted by Gasteiger charge is -2.42. The summed E-state index contributed by atoms with van der Waals surface area (Å²) in [6.45, 7) is 5.32. The second-order valence-corrected chi connectivity index (χ2v) is 12.4. The summed E-state index contributed by atoms with van der Waals surface area (Å²) in [6, 6.07) is 8.39. The molecule has 3 heterocycles. The zero-order valence-electron chi connectivity index (χ0n) is 23.0. The van der Waals surface area contributed by atoms with E-state index in [-0.39, 0.29) is 30.1 Å². The molecule has 5 rings (SSSR count). The number of aliphatic hydroxyl groups is 1. The third kappa shape index (κ3) is 5.27. The van der Waals surface area contributed by atoms with E-state index in [1.165, 1.54) is 23.5 Å². The maximum atomic E-state index is 14.9. The molecule has 1 N–H and O–H groups in total. The molecular formula is C30H33FN4O4S. The molecule has 0 saturated heterocycles. The highest BCUT2D eigenvalue weighted by molar-refractivity contribution is 7.16. The van der Waals surface area contributed by atoms with Crippen molar-refractivity contribution >= 4 is 22.3 Å². The molecule has 0 radical (unpaired) electrons. The topological polar surface area (TPSA) is 118 Å². The van der Waals surface area contributed by atoms with Crippen LogP contribution in [0.25, 0.3) is 4.96 Å². The molecule has 0 spiro atoms. The summed E-state index contributed by atoms with van der Waals surface area (Å²) in [6.07, 6.45) is 5.56. The molecule has 1 aliphatic heterocycles. The van der Waals surface area contributed by atoms with Gasteiger partial charge in [-0.15, -0.1) is 0 Å². The second-order valence-electron chi connectivity index (χ2n) is 11.4. The van der Waals surface area contributed by atoms with Crippen LogP contribution < -0.4 is 5.56 Å². The van der Waals surface area contributed by atoms with Gasteiger partial charge in [0.05, 0.1) is 22.8 Å². The van der Waals surface area contributed by atoms with Gasteiger partial charge in [0.25, 0.3) is 5.56 Å². The summed E-state index contributed by atoms with van der Waals surface area (Å²) >= 11 is 1.32. The first-order valence-corrected chi connectivity index (χ1v) is 14.6. The van der Waals surface area contributed by atoms with E-state index in [0.29, 0.717) is 35.5 Å². The number of cyclic esters (lactones) is 1. The fraction of sp³-hybridized carbons (Fsp3) is 0.500. The van der Waals surface area contributed by atoms with Crippen LogP contribution in [0.3, 0.4) is 0 Å². The molecule has 210 valence electrons. The molecule has 1 aliphatic carbocycles. The SMILES string of the molecule is CCc1nn2c(CC3=C(O)CC(CCc4ccc(C(C)(C)C#N)c(F)c4)(C4CCCC4)OC3=O)cc(=O)nc2s1. The fourth-order valence-corrected chi connectivity index (χ4v) is 6.84. The Balaban J connectivity index is 1.42. The number of benzene rings is 1. The first-order chi connectivity index (χ1) is 19.0. The van der Waals surface area contributed by atoms with E-state index in [1.807, 2.05) is 13.0 Å². The molecule has 1 saturated carbocycles. The Morgan fingerprint density at radius 2 is 2.02 bits per heavy atom. The van der Waals surface area contributed by atoms with Crippen LogP contribution in [0, 0.1) is 23.1 Å². The van der Waals surface area contributed by atoms with E-state index in [0.717, 1.165) is 36.3 Å². The predicted molar refractivity (Wildman–Crippen MR) is 149 cm³/mol. The van der Waals surface area contributed by atoms with E-state index in [1.54, 1.807) is 24.4 Å². The lowest BCUT2D eigenvalue weighted by molar-refractivity contribution is -0.167. The number of carbonyl (C=O) groups excluding carboxylic acids is 1. The molecule has 10 heteroatoms. The summed E-state index contributed by atoms with van der Waals surface area (Å²) in [5.74, 6) is -0.985. The van der Waals surface area contributed by atoms with E-state index in [4.69, 9.17) is 4.74 Å². The molecule has 2 aromatic heterocycles. The Bertz CT molecular complexity index is 1600.